The number of likely N-dealkylation sites (tertiary alicyclic amines) is 1. The molecule has 2 aliphatic heterocycles. The smallest absolute Gasteiger partial charge is 0.400 e. The van der Waals surface area contributed by atoms with Gasteiger partial charge in [-0.15, -0.1) is 0 Å². The molecule has 3 nitrogen and oxygen atoms in total. The van der Waals surface area contributed by atoms with Crippen molar-refractivity contribution in [3.63, 3.8) is 0 Å². The Kier molecular flexibility index (Phi) is 6.18. The van der Waals surface area contributed by atoms with E-state index in [1.807, 2.05) is 0 Å². The van der Waals surface area contributed by atoms with Crippen molar-refractivity contribution in [2.75, 3.05) is 13.1 Å². The van der Waals surface area contributed by atoms with Crippen molar-refractivity contribution in [1.29, 1.82) is 0 Å². The highest BCUT2D eigenvalue weighted by molar-refractivity contribution is 6.55. The molecule has 37 heavy (non-hydrogen) atoms. The summed E-state index contributed by atoms with van der Waals surface area (Å²) in [6, 6.07) is 22.1. The molecule has 4 fully saturated rings. The molecule has 7 rings (SSSR count). The molecule has 2 heterocycles. The lowest BCUT2D eigenvalue weighted by Gasteiger charge is -2.60. The van der Waals surface area contributed by atoms with Gasteiger partial charge in [-0.3, -0.25) is 4.90 Å². The summed E-state index contributed by atoms with van der Waals surface area (Å²) in [4.78, 5) is 2.86. The van der Waals surface area contributed by atoms with E-state index in [4.69, 9.17) is 9.31 Å². The van der Waals surface area contributed by atoms with Crippen LogP contribution in [0.1, 0.15) is 69.3 Å². The topological polar surface area (TPSA) is 21.7 Å². The third kappa shape index (κ3) is 4.45. The van der Waals surface area contributed by atoms with Crippen molar-refractivity contribution < 1.29 is 9.31 Å². The lowest BCUT2D eigenvalue weighted by atomic mass is 9.50. The van der Waals surface area contributed by atoms with Gasteiger partial charge in [0.15, 0.2) is 0 Å². The van der Waals surface area contributed by atoms with Crippen LogP contribution in [0.5, 0.6) is 0 Å². The number of nitrogens with zero attached hydrogens (tertiary/aromatic N) is 1. The lowest BCUT2D eigenvalue weighted by molar-refractivity contribution is -0.0816. The first-order chi connectivity index (χ1) is 18.1. The summed E-state index contributed by atoms with van der Waals surface area (Å²) >= 11 is 0. The van der Waals surface area contributed by atoms with Crippen molar-refractivity contribution in [2.24, 2.45) is 29.1 Å². The van der Waals surface area contributed by atoms with Crippen molar-refractivity contribution in [1.82, 2.24) is 4.90 Å². The van der Waals surface area contributed by atoms with E-state index in [-0.39, 0.29) is 19.3 Å². The molecule has 2 bridgehead atoms. The van der Waals surface area contributed by atoms with E-state index in [0.29, 0.717) is 23.2 Å². The largest absolute Gasteiger partial charge is 0.494 e. The Bertz CT molecular complexity index is 1110. The molecule has 0 N–H and O–H groups in total. The van der Waals surface area contributed by atoms with Crippen LogP contribution in [0.4, 0.5) is 0 Å². The van der Waals surface area contributed by atoms with Crippen LogP contribution in [0.2, 0.25) is 0 Å². The monoisotopic (exact) mass is 493 g/mol. The molecule has 2 saturated carbocycles. The summed E-state index contributed by atoms with van der Waals surface area (Å²) in [6.45, 7) is 7.71. The van der Waals surface area contributed by atoms with E-state index in [1.165, 1.54) is 55.4 Å². The maximum Gasteiger partial charge on any atom is 0.494 e. The van der Waals surface area contributed by atoms with Crippen LogP contribution in [0.25, 0.3) is 0 Å². The molecule has 5 aliphatic rings. The molecular weight excluding hydrogens is 453 g/mol. The Morgan fingerprint density at radius 1 is 0.919 bits per heavy atom. The minimum Gasteiger partial charge on any atom is -0.400 e. The first kappa shape index (κ1) is 23.9. The fourth-order valence-electron chi connectivity index (χ4n) is 7.86. The number of fused-ring (bicyclic) bond motifs is 4. The van der Waals surface area contributed by atoms with Gasteiger partial charge in [0.05, 0.1) is 12.2 Å². The molecule has 3 aliphatic carbocycles. The quantitative estimate of drug-likeness (QED) is 0.412. The zero-order chi connectivity index (χ0) is 25.0. The molecule has 4 heteroatoms. The predicted octanol–water partition coefficient (Wildman–Crippen LogP) is 7.19. The van der Waals surface area contributed by atoms with E-state index in [9.17, 15) is 0 Å². The van der Waals surface area contributed by atoms with E-state index in [0.717, 1.165) is 18.4 Å². The van der Waals surface area contributed by atoms with Gasteiger partial charge in [-0.25, -0.2) is 0 Å². The van der Waals surface area contributed by atoms with Gasteiger partial charge >= 0.3 is 7.12 Å². The highest BCUT2D eigenvalue weighted by Crippen LogP contribution is 2.57. The fourth-order valence-corrected chi connectivity index (χ4v) is 7.86. The van der Waals surface area contributed by atoms with E-state index < -0.39 is 0 Å². The average Bonchev–Trinajstić information content (AvgIpc) is 3.77. The van der Waals surface area contributed by atoms with Crippen molar-refractivity contribution in [3.05, 3.63) is 95.5 Å². The second kappa shape index (κ2) is 9.56. The molecule has 0 spiro atoms. The van der Waals surface area contributed by atoms with Crippen LogP contribution in [-0.4, -0.2) is 31.1 Å². The first-order valence-electron chi connectivity index (χ1n) is 14.6. The Balaban J connectivity index is 1.17. The number of hydrogen-bond acceptors (Lipinski definition) is 3. The van der Waals surface area contributed by atoms with Crippen LogP contribution in [0.15, 0.2) is 84.4 Å². The van der Waals surface area contributed by atoms with E-state index in [1.54, 1.807) is 0 Å². The third-order valence-electron chi connectivity index (χ3n) is 10.5. The number of benzene rings is 2. The molecule has 0 amide bonds. The van der Waals surface area contributed by atoms with Crippen LogP contribution in [0, 0.1) is 29.1 Å². The maximum atomic E-state index is 6.72. The molecule has 2 aromatic carbocycles. The van der Waals surface area contributed by atoms with Gasteiger partial charge in [-0.1, -0.05) is 92.7 Å². The summed E-state index contributed by atoms with van der Waals surface area (Å²) in [5.74, 6) is 2.86. The summed E-state index contributed by atoms with van der Waals surface area (Å²) in [6.07, 6.45) is 13.8. The van der Waals surface area contributed by atoms with E-state index in [2.05, 4.69) is 97.6 Å². The molecule has 0 aromatic heterocycles. The number of hydrogen-bond donors (Lipinski definition) is 0. The summed E-state index contributed by atoms with van der Waals surface area (Å²) in [5.41, 5.74) is 4.02. The molecule has 6 unspecified atom stereocenters. The summed E-state index contributed by atoms with van der Waals surface area (Å²) < 4.78 is 13.4. The van der Waals surface area contributed by atoms with Crippen LogP contribution in [-0.2, 0) is 9.31 Å². The van der Waals surface area contributed by atoms with Gasteiger partial charge in [-0.05, 0) is 77.9 Å². The third-order valence-corrected chi connectivity index (χ3v) is 10.5. The summed E-state index contributed by atoms with van der Waals surface area (Å²) in [5, 5.41) is 0. The highest BCUT2D eigenvalue weighted by atomic mass is 16.6. The highest BCUT2D eigenvalue weighted by Gasteiger charge is 2.54. The zero-order valence-electron chi connectivity index (χ0n) is 22.3. The Hall–Kier alpha value is -2.14. The second-order valence-corrected chi connectivity index (χ2v) is 12.6. The Labute approximate surface area is 223 Å². The number of piperidine rings is 1. The van der Waals surface area contributed by atoms with Gasteiger partial charge in [0.25, 0.3) is 0 Å². The lowest BCUT2D eigenvalue weighted by Crippen LogP contribution is -2.60. The van der Waals surface area contributed by atoms with Gasteiger partial charge < -0.3 is 9.31 Å². The van der Waals surface area contributed by atoms with Crippen LogP contribution in [0.3, 0.4) is 0 Å². The van der Waals surface area contributed by atoms with Crippen molar-refractivity contribution in [3.8, 4) is 0 Å². The normalized spacial score (nSPS) is 37.7. The minimum absolute atomic E-state index is 0.0214. The fraction of sp³-hybridized carbons (Fsp3) is 0.515. The van der Waals surface area contributed by atoms with Crippen LogP contribution < -0.4 is 0 Å². The SMILES string of the molecule is CC1[C@H]2CC3C=CC(B4OC(c5ccccc5)CC(c5ccccc5)O4)=CC3C1(C)CCN2CC1CC1. The average molecular weight is 494 g/mol. The molecule has 2 saturated heterocycles. The zero-order valence-corrected chi connectivity index (χ0v) is 22.3. The van der Waals surface area contributed by atoms with Gasteiger partial charge in [0.1, 0.15) is 0 Å². The number of allylic oxidation sites excluding steroid dienone is 4. The minimum atomic E-state index is -0.340. The van der Waals surface area contributed by atoms with Gasteiger partial charge in [-0.2, -0.15) is 0 Å². The molecule has 7 atom stereocenters. The Morgan fingerprint density at radius 3 is 2.19 bits per heavy atom. The predicted molar refractivity (Wildman–Crippen MR) is 150 cm³/mol. The Morgan fingerprint density at radius 2 is 1.57 bits per heavy atom. The standard InChI is InChI=1S/C33H40BNO2/c1-23-30-19-27-15-16-28(20-29(27)33(23,2)17-18-35(30)22-24-13-14-24)34-36-31(25-9-5-3-6-10-25)21-32(37-34)26-11-7-4-8-12-26/h3-12,15-16,20,23-24,27,29-32H,13-14,17-19,21-22H2,1-2H3/t23?,27?,29?,30-,31?,32?,33?/m1/s1. The second-order valence-electron chi connectivity index (χ2n) is 12.6. The number of rotatable bonds is 5. The molecule has 2 aromatic rings. The molecule has 192 valence electrons. The van der Waals surface area contributed by atoms with Gasteiger partial charge in [0, 0.05) is 19.0 Å². The van der Waals surface area contributed by atoms with Gasteiger partial charge in [0.2, 0.25) is 0 Å². The maximum absolute atomic E-state index is 6.72. The first-order valence-corrected chi connectivity index (χ1v) is 14.6. The summed E-state index contributed by atoms with van der Waals surface area (Å²) in [7, 11) is -0.340. The van der Waals surface area contributed by atoms with Crippen molar-refractivity contribution in [2.45, 2.75) is 64.2 Å². The molecule has 0 radical (unpaired) electrons. The molecular formula is C33H40BNO2. The van der Waals surface area contributed by atoms with Crippen molar-refractivity contribution >= 4 is 7.12 Å². The van der Waals surface area contributed by atoms with Crippen LogP contribution >= 0.6 is 0 Å². The van der Waals surface area contributed by atoms with E-state index >= 15 is 0 Å².